The van der Waals surface area contributed by atoms with Gasteiger partial charge < -0.3 is 15.0 Å². The first-order valence-corrected chi connectivity index (χ1v) is 10.2. The highest BCUT2D eigenvalue weighted by Crippen LogP contribution is 2.37. The fourth-order valence-corrected chi connectivity index (χ4v) is 4.84. The number of aromatic amines is 1. The van der Waals surface area contributed by atoms with Crippen LogP contribution in [0.3, 0.4) is 0 Å². The number of nitrogens with zero attached hydrogens (tertiary/aromatic N) is 3. The molecule has 2 N–H and O–H groups in total. The van der Waals surface area contributed by atoms with E-state index < -0.39 is 0 Å². The van der Waals surface area contributed by atoms with Crippen LogP contribution in [0.25, 0.3) is 11.0 Å². The molecule has 1 saturated heterocycles. The standard InChI is InChI=1S/C22H27N5O/c1-14-11-18-21(25-14)23-13-24-22(18)26-20-17-6-4-3-5-16(17)7-8-19(20)27-9-10-28-12-15(27)2/h3-6,11,13,15,19-20H,7-10,12H2,1-2H3,(H2,23,24,25,26). The van der Waals surface area contributed by atoms with Crippen molar-refractivity contribution in [2.24, 2.45) is 0 Å². The lowest BCUT2D eigenvalue weighted by atomic mass is 9.82. The molecule has 1 aliphatic carbocycles. The van der Waals surface area contributed by atoms with Gasteiger partial charge in [0.05, 0.1) is 24.6 Å². The molecule has 146 valence electrons. The summed E-state index contributed by atoms with van der Waals surface area (Å²) in [7, 11) is 0. The van der Waals surface area contributed by atoms with Crippen LogP contribution < -0.4 is 5.32 Å². The number of ether oxygens (including phenoxy) is 1. The Balaban J connectivity index is 1.55. The first kappa shape index (κ1) is 17.6. The van der Waals surface area contributed by atoms with Crippen LogP contribution in [-0.4, -0.2) is 51.7 Å². The predicted octanol–water partition coefficient (Wildman–Crippen LogP) is 3.46. The summed E-state index contributed by atoms with van der Waals surface area (Å²) in [5, 5.41) is 4.86. The maximum absolute atomic E-state index is 5.70. The smallest absolute Gasteiger partial charge is 0.143 e. The van der Waals surface area contributed by atoms with Crippen molar-refractivity contribution in [3.05, 3.63) is 53.5 Å². The van der Waals surface area contributed by atoms with E-state index in [1.54, 1.807) is 6.33 Å². The van der Waals surface area contributed by atoms with Crippen molar-refractivity contribution in [2.45, 2.75) is 44.8 Å². The zero-order chi connectivity index (χ0) is 19.1. The number of rotatable bonds is 3. The number of hydrogen-bond acceptors (Lipinski definition) is 5. The minimum Gasteiger partial charge on any atom is -0.379 e. The Labute approximate surface area is 165 Å². The van der Waals surface area contributed by atoms with Gasteiger partial charge in [0.15, 0.2) is 0 Å². The van der Waals surface area contributed by atoms with Gasteiger partial charge in [0.25, 0.3) is 0 Å². The topological polar surface area (TPSA) is 66.1 Å². The molecule has 3 atom stereocenters. The second-order valence-electron chi connectivity index (χ2n) is 8.03. The Hall–Kier alpha value is -2.44. The lowest BCUT2D eigenvalue weighted by Crippen LogP contribution is -2.53. The van der Waals surface area contributed by atoms with Gasteiger partial charge in [-0.1, -0.05) is 24.3 Å². The van der Waals surface area contributed by atoms with Crippen LogP contribution in [0.2, 0.25) is 0 Å². The monoisotopic (exact) mass is 377 g/mol. The van der Waals surface area contributed by atoms with E-state index in [-0.39, 0.29) is 6.04 Å². The molecule has 6 nitrogen and oxygen atoms in total. The van der Waals surface area contributed by atoms with Crippen molar-refractivity contribution in [3.63, 3.8) is 0 Å². The average molecular weight is 377 g/mol. The van der Waals surface area contributed by atoms with Gasteiger partial charge in [-0.05, 0) is 43.9 Å². The highest BCUT2D eigenvalue weighted by atomic mass is 16.5. The molecule has 0 bridgehead atoms. The van der Waals surface area contributed by atoms with Crippen molar-refractivity contribution in [1.82, 2.24) is 19.9 Å². The lowest BCUT2D eigenvalue weighted by Gasteiger charge is -2.45. The number of benzene rings is 1. The molecule has 6 heteroatoms. The first-order valence-electron chi connectivity index (χ1n) is 10.2. The number of hydrogen-bond donors (Lipinski definition) is 2. The number of anilines is 1. The summed E-state index contributed by atoms with van der Waals surface area (Å²) < 4.78 is 5.70. The van der Waals surface area contributed by atoms with Crippen LogP contribution in [0.4, 0.5) is 5.82 Å². The van der Waals surface area contributed by atoms with E-state index >= 15 is 0 Å². The molecule has 3 unspecified atom stereocenters. The Morgan fingerprint density at radius 3 is 3.04 bits per heavy atom. The van der Waals surface area contributed by atoms with Gasteiger partial charge in [-0.25, -0.2) is 9.97 Å². The molecule has 3 heterocycles. The normalized spacial score (nSPS) is 25.6. The molecule has 1 aliphatic heterocycles. The predicted molar refractivity (Wildman–Crippen MR) is 111 cm³/mol. The molecule has 3 aromatic rings. The Kier molecular flexibility index (Phi) is 4.53. The van der Waals surface area contributed by atoms with Gasteiger partial charge in [-0.15, -0.1) is 0 Å². The molecule has 0 amide bonds. The summed E-state index contributed by atoms with van der Waals surface area (Å²) in [5.41, 5.74) is 4.81. The summed E-state index contributed by atoms with van der Waals surface area (Å²) in [6.45, 7) is 6.92. The van der Waals surface area contributed by atoms with E-state index in [0.29, 0.717) is 12.1 Å². The van der Waals surface area contributed by atoms with E-state index in [1.807, 2.05) is 0 Å². The molecule has 0 spiro atoms. The highest BCUT2D eigenvalue weighted by molar-refractivity contribution is 5.87. The first-order chi connectivity index (χ1) is 13.7. The fraction of sp³-hybridized carbons (Fsp3) is 0.455. The fourth-order valence-electron chi connectivity index (χ4n) is 4.84. The van der Waals surface area contributed by atoms with Crippen LogP contribution >= 0.6 is 0 Å². The molecule has 5 rings (SSSR count). The van der Waals surface area contributed by atoms with E-state index in [4.69, 9.17) is 4.74 Å². The molecule has 1 fully saturated rings. The van der Waals surface area contributed by atoms with E-state index in [1.165, 1.54) is 11.1 Å². The van der Waals surface area contributed by atoms with Crippen molar-refractivity contribution in [1.29, 1.82) is 0 Å². The Morgan fingerprint density at radius 2 is 2.14 bits per heavy atom. The number of fused-ring (bicyclic) bond motifs is 2. The maximum atomic E-state index is 5.70. The van der Waals surface area contributed by atoms with Crippen LogP contribution in [0.5, 0.6) is 0 Å². The third-order valence-corrected chi connectivity index (χ3v) is 6.18. The van der Waals surface area contributed by atoms with Gasteiger partial charge >= 0.3 is 0 Å². The van der Waals surface area contributed by atoms with Gasteiger partial charge in [0, 0.05) is 24.3 Å². The summed E-state index contributed by atoms with van der Waals surface area (Å²) in [4.78, 5) is 14.9. The van der Waals surface area contributed by atoms with Crippen molar-refractivity contribution in [2.75, 3.05) is 25.1 Å². The highest BCUT2D eigenvalue weighted by Gasteiger charge is 2.37. The van der Waals surface area contributed by atoms with E-state index in [0.717, 1.165) is 55.1 Å². The molecular weight excluding hydrogens is 350 g/mol. The Bertz CT molecular complexity index is 984. The number of aryl methyl sites for hydroxylation is 2. The molecule has 0 saturated carbocycles. The second-order valence-corrected chi connectivity index (χ2v) is 8.03. The minimum atomic E-state index is 0.193. The van der Waals surface area contributed by atoms with Crippen LogP contribution in [-0.2, 0) is 11.2 Å². The van der Waals surface area contributed by atoms with E-state index in [2.05, 4.69) is 69.3 Å². The molecule has 1 aromatic carbocycles. The number of nitrogens with one attached hydrogen (secondary N) is 2. The van der Waals surface area contributed by atoms with Gasteiger partial charge in [0.2, 0.25) is 0 Å². The third kappa shape index (κ3) is 3.06. The number of aromatic nitrogens is 3. The zero-order valence-electron chi connectivity index (χ0n) is 16.5. The maximum Gasteiger partial charge on any atom is 0.143 e. The number of H-pyrrole nitrogens is 1. The van der Waals surface area contributed by atoms with Crippen LogP contribution in [0, 0.1) is 6.92 Å². The quantitative estimate of drug-likeness (QED) is 0.732. The summed E-state index contributed by atoms with van der Waals surface area (Å²) in [5.74, 6) is 0.905. The van der Waals surface area contributed by atoms with Gasteiger partial charge in [-0.3, -0.25) is 4.90 Å². The lowest BCUT2D eigenvalue weighted by molar-refractivity contribution is -0.0289. The molecule has 2 aromatic heterocycles. The summed E-state index contributed by atoms with van der Waals surface area (Å²) in [6.07, 6.45) is 3.90. The van der Waals surface area contributed by atoms with Crippen molar-refractivity contribution < 1.29 is 4.74 Å². The number of morpholine rings is 1. The Morgan fingerprint density at radius 1 is 1.25 bits per heavy atom. The SMILES string of the molecule is Cc1cc2c(NC3c4ccccc4CCC3N3CCOCC3C)ncnc2[nH]1. The average Bonchev–Trinajstić information content (AvgIpc) is 3.10. The van der Waals surface area contributed by atoms with Crippen LogP contribution in [0.1, 0.15) is 36.2 Å². The van der Waals surface area contributed by atoms with Crippen molar-refractivity contribution in [3.8, 4) is 0 Å². The molecule has 28 heavy (non-hydrogen) atoms. The molecular formula is C22H27N5O. The largest absolute Gasteiger partial charge is 0.379 e. The second kappa shape index (κ2) is 7.18. The minimum absolute atomic E-state index is 0.193. The third-order valence-electron chi connectivity index (χ3n) is 6.18. The molecule has 2 aliphatic rings. The molecule has 0 radical (unpaired) electrons. The van der Waals surface area contributed by atoms with Crippen molar-refractivity contribution >= 4 is 16.9 Å². The van der Waals surface area contributed by atoms with E-state index in [9.17, 15) is 0 Å². The summed E-state index contributed by atoms with van der Waals surface area (Å²) >= 11 is 0. The van der Waals surface area contributed by atoms with Gasteiger partial charge in [0.1, 0.15) is 17.8 Å². The zero-order valence-corrected chi connectivity index (χ0v) is 16.5. The summed E-state index contributed by atoms with van der Waals surface area (Å²) in [6, 6.07) is 12.0. The van der Waals surface area contributed by atoms with Crippen LogP contribution in [0.15, 0.2) is 36.7 Å². The van der Waals surface area contributed by atoms with Gasteiger partial charge in [-0.2, -0.15) is 0 Å².